The van der Waals surface area contributed by atoms with Gasteiger partial charge in [-0.05, 0) is 44.7 Å². The average Bonchev–Trinajstić information content (AvgIpc) is 3.20. The SMILES string of the molecule is CCN1CCN(S(=O)(=O)c2ccc(OC)c(N3CCN(C(=O)c4cc(C)oc4C)CC3)c2)CC1. The summed E-state index contributed by atoms with van der Waals surface area (Å²) in [6.07, 6.45) is 0. The maximum Gasteiger partial charge on any atom is 0.257 e. The summed E-state index contributed by atoms with van der Waals surface area (Å²) in [5.74, 6) is 1.93. The van der Waals surface area contributed by atoms with Crippen molar-refractivity contribution in [2.24, 2.45) is 0 Å². The van der Waals surface area contributed by atoms with Crippen LogP contribution in [0.25, 0.3) is 0 Å². The molecule has 0 atom stereocenters. The van der Waals surface area contributed by atoms with Gasteiger partial charge in [-0.15, -0.1) is 0 Å². The Bertz CT molecular complexity index is 1130. The summed E-state index contributed by atoms with van der Waals surface area (Å²) in [6.45, 7) is 11.3. The highest BCUT2D eigenvalue weighted by molar-refractivity contribution is 7.89. The first kappa shape index (κ1) is 24.6. The molecule has 9 nitrogen and oxygen atoms in total. The minimum atomic E-state index is -3.59. The van der Waals surface area contributed by atoms with E-state index in [2.05, 4.69) is 16.7 Å². The van der Waals surface area contributed by atoms with Crippen LogP contribution in [0.2, 0.25) is 0 Å². The third kappa shape index (κ3) is 4.80. The zero-order valence-corrected chi connectivity index (χ0v) is 21.2. The predicted molar refractivity (Wildman–Crippen MR) is 130 cm³/mol. The Morgan fingerprint density at radius 1 is 1.00 bits per heavy atom. The maximum atomic E-state index is 13.3. The highest BCUT2D eigenvalue weighted by atomic mass is 32.2. The van der Waals surface area contributed by atoms with Crippen molar-refractivity contribution in [3.63, 3.8) is 0 Å². The summed E-state index contributed by atoms with van der Waals surface area (Å²) in [7, 11) is -2.01. The quantitative estimate of drug-likeness (QED) is 0.614. The van der Waals surface area contributed by atoms with Gasteiger partial charge in [-0.3, -0.25) is 4.79 Å². The Morgan fingerprint density at radius 3 is 2.24 bits per heavy atom. The predicted octanol–water partition coefficient (Wildman–Crippen LogP) is 2.19. The molecule has 1 aromatic carbocycles. The summed E-state index contributed by atoms with van der Waals surface area (Å²) < 4.78 is 39.3. The molecule has 2 aliphatic rings. The van der Waals surface area contributed by atoms with Gasteiger partial charge >= 0.3 is 0 Å². The van der Waals surface area contributed by atoms with Crippen molar-refractivity contribution in [1.29, 1.82) is 0 Å². The number of benzene rings is 1. The number of amides is 1. The molecule has 3 heterocycles. The molecule has 2 fully saturated rings. The Balaban J connectivity index is 1.50. The number of hydrogen-bond acceptors (Lipinski definition) is 7. The van der Waals surface area contributed by atoms with Gasteiger partial charge in [0.25, 0.3) is 5.91 Å². The first-order chi connectivity index (χ1) is 16.2. The van der Waals surface area contributed by atoms with E-state index >= 15 is 0 Å². The fraction of sp³-hybridized carbons (Fsp3) is 0.542. The molecule has 0 saturated carbocycles. The number of piperazine rings is 2. The smallest absolute Gasteiger partial charge is 0.257 e. The van der Waals surface area contributed by atoms with Gasteiger partial charge < -0.3 is 23.9 Å². The first-order valence-electron chi connectivity index (χ1n) is 11.8. The Morgan fingerprint density at radius 2 is 1.68 bits per heavy atom. The Kier molecular flexibility index (Phi) is 7.20. The van der Waals surface area contributed by atoms with Crippen molar-refractivity contribution in [2.45, 2.75) is 25.7 Å². The largest absolute Gasteiger partial charge is 0.495 e. The number of ether oxygens (including phenoxy) is 1. The standard InChI is InChI=1S/C24H34N4O5S/c1-5-25-8-14-28(15-9-25)34(30,31)20-6-7-23(32-4)22(17-20)26-10-12-27(13-11-26)24(29)21-16-18(2)33-19(21)3/h6-7,16-17H,5,8-15H2,1-4H3. The van der Waals surface area contributed by atoms with Gasteiger partial charge in [-0.1, -0.05) is 6.92 Å². The summed E-state index contributed by atoms with van der Waals surface area (Å²) in [4.78, 5) is 19.4. The van der Waals surface area contributed by atoms with E-state index in [0.29, 0.717) is 56.3 Å². The van der Waals surface area contributed by atoms with Crippen LogP contribution in [-0.4, -0.2) is 94.4 Å². The Hall–Kier alpha value is -2.56. The number of furan rings is 1. The van der Waals surface area contributed by atoms with E-state index in [9.17, 15) is 13.2 Å². The molecule has 2 saturated heterocycles. The van der Waals surface area contributed by atoms with Gasteiger partial charge in [0.1, 0.15) is 17.3 Å². The minimum Gasteiger partial charge on any atom is -0.495 e. The van der Waals surface area contributed by atoms with Crippen LogP contribution >= 0.6 is 0 Å². The normalized spacial score (nSPS) is 18.4. The molecule has 1 aromatic heterocycles. The lowest BCUT2D eigenvalue weighted by molar-refractivity contribution is 0.0745. The third-order valence-corrected chi connectivity index (χ3v) is 8.64. The number of likely N-dealkylation sites (N-methyl/N-ethyl adjacent to an activating group) is 1. The molecule has 34 heavy (non-hydrogen) atoms. The molecular weight excluding hydrogens is 456 g/mol. The summed E-state index contributed by atoms with van der Waals surface area (Å²) in [5, 5.41) is 0. The Labute approximate surface area is 201 Å². The second kappa shape index (κ2) is 9.97. The van der Waals surface area contributed by atoms with Crippen molar-refractivity contribution in [3.8, 4) is 5.75 Å². The summed E-state index contributed by atoms with van der Waals surface area (Å²) >= 11 is 0. The molecule has 0 spiro atoms. The fourth-order valence-electron chi connectivity index (χ4n) is 4.68. The van der Waals surface area contributed by atoms with Crippen LogP contribution in [0.15, 0.2) is 33.6 Å². The number of nitrogens with zero attached hydrogens (tertiary/aromatic N) is 4. The molecule has 2 aliphatic heterocycles. The molecule has 2 aromatic rings. The van der Waals surface area contributed by atoms with Crippen molar-refractivity contribution in [2.75, 3.05) is 70.9 Å². The molecule has 186 valence electrons. The van der Waals surface area contributed by atoms with E-state index in [1.54, 1.807) is 42.6 Å². The number of methoxy groups -OCH3 is 1. The number of aryl methyl sites for hydroxylation is 2. The third-order valence-electron chi connectivity index (χ3n) is 6.75. The van der Waals surface area contributed by atoms with Crippen LogP contribution in [0.4, 0.5) is 5.69 Å². The van der Waals surface area contributed by atoms with Crippen molar-refractivity contribution in [3.05, 3.63) is 41.3 Å². The van der Waals surface area contributed by atoms with Crippen molar-refractivity contribution >= 4 is 21.6 Å². The lowest BCUT2D eigenvalue weighted by Gasteiger charge is -2.37. The van der Waals surface area contributed by atoms with Gasteiger partial charge in [0, 0.05) is 52.4 Å². The highest BCUT2D eigenvalue weighted by Gasteiger charge is 2.30. The number of anilines is 1. The highest BCUT2D eigenvalue weighted by Crippen LogP contribution is 2.33. The zero-order valence-electron chi connectivity index (χ0n) is 20.4. The molecule has 10 heteroatoms. The zero-order chi connectivity index (χ0) is 24.5. The lowest BCUT2D eigenvalue weighted by Crippen LogP contribution is -2.49. The van der Waals surface area contributed by atoms with E-state index in [1.807, 2.05) is 11.8 Å². The molecule has 0 N–H and O–H groups in total. The van der Waals surface area contributed by atoms with Crippen molar-refractivity contribution in [1.82, 2.24) is 14.1 Å². The summed E-state index contributed by atoms with van der Waals surface area (Å²) in [6, 6.07) is 6.83. The van der Waals surface area contributed by atoms with Gasteiger partial charge in [-0.25, -0.2) is 8.42 Å². The lowest BCUT2D eigenvalue weighted by atomic mass is 10.2. The molecule has 0 bridgehead atoms. The molecule has 0 unspecified atom stereocenters. The average molecular weight is 491 g/mol. The van der Waals surface area contributed by atoms with Crippen LogP contribution < -0.4 is 9.64 Å². The molecule has 4 rings (SSSR count). The van der Waals surface area contributed by atoms with Crippen LogP contribution in [0.5, 0.6) is 5.75 Å². The van der Waals surface area contributed by atoms with Gasteiger partial charge in [-0.2, -0.15) is 4.31 Å². The molecule has 0 radical (unpaired) electrons. The fourth-order valence-corrected chi connectivity index (χ4v) is 6.12. The second-order valence-corrected chi connectivity index (χ2v) is 10.7. The van der Waals surface area contributed by atoms with Crippen LogP contribution in [-0.2, 0) is 10.0 Å². The van der Waals surface area contributed by atoms with E-state index in [0.717, 1.165) is 31.1 Å². The summed E-state index contributed by atoms with van der Waals surface area (Å²) in [5.41, 5.74) is 1.33. The minimum absolute atomic E-state index is 0.0384. The van der Waals surface area contributed by atoms with E-state index in [1.165, 1.54) is 0 Å². The first-order valence-corrected chi connectivity index (χ1v) is 13.2. The number of carbonyl (C=O) groups excluding carboxylic acids is 1. The molecular formula is C24H34N4O5S. The molecule has 1 amide bonds. The number of rotatable bonds is 6. The number of carbonyl (C=O) groups is 1. The van der Waals surface area contributed by atoms with Crippen LogP contribution in [0.1, 0.15) is 28.8 Å². The van der Waals surface area contributed by atoms with Crippen molar-refractivity contribution < 1.29 is 22.4 Å². The number of hydrogen-bond donors (Lipinski definition) is 0. The second-order valence-electron chi connectivity index (χ2n) is 8.78. The van der Waals surface area contributed by atoms with E-state index < -0.39 is 10.0 Å². The van der Waals surface area contributed by atoms with Gasteiger partial charge in [0.15, 0.2) is 0 Å². The van der Waals surface area contributed by atoms with Gasteiger partial charge in [0.05, 0.1) is 23.3 Å². The number of sulfonamides is 1. The van der Waals surface area contributed by atoms with E-state index in [-0.39, 0.29) is 10.8 Å². The van der Waals surface area contributed by atoms with E-state index in [4.69, 9.17) is 9.15 Å². The maximum absolute atomic E-state index is 13.3. The van der Waals surface area contributed by atoms with Gasteiger partial charge in [0.2, 0.25) is 10.0 Å². The van der Waals surface area contributed by atoms with Crippen LogP contribution in [0, 0.1) is 13.8 Å². The monoisotopic (exact) mass is 490 g/mol. The topological polar surface area (TPSA) is 86.5 Å². The van der Waals surface area contributed by atoms with Crippen LogP contribution in [0.3, 0.4) is 0 Å². The molecule has 0 aliphatic carbocycles.